The first-order valence-corrected chi connectivity index (χ1v) is 8.90. The Balaban J connectivity index is 0.00000312. The van der Waals surface area contributed by atoms with Crippen LogP contribution < -0.4 is 14.8 Å². The number of carbonyl (C=O) groups excluding carboxylic acids is 1. The van der Waals surface area contributed by atoms with Gasteiger partial charge < -0.3 is 19.7 Å². The number of nitrogens with one attached hydrogen (secondary N) is 1. The van der Waals surface area contributed by atoms with Crippen molar-refractivity contribution in [1.29, 1.82) is 0 Å². The number of aryl methyl sites for hydroxylation is 1. The van der Waals surface area contributed by atoms with Crippen molar-refractivity contribution >= 4 is 18.3 Å². The fourth-order valence-corrected chi connectivity index (χ4v) is 3.28. The molecule has 0 bridgehead atoms. The van der Waals surface area contributed by atoms with Gasteiger partial charge in [0.05, 0.1) is 14.2 Å². The van der Waals surface area contributed by atoms with Crippen molar-refractivity contribution in [2.75, 3.05) is 33.9 Å². The van der Waals surface area contributed by atoms with Gasteiger partial charge in [-0.2, -0.15) is 0 Å². The minimum Gasteiger partial charge on any atom is -0.497 e. The maximum absolute atomic E-state index is 12.8. The second kappa shape index (κ2) is 11.2. The second-order valence-electron chi connectivity index (χ2n) is 6.29. The van der Waals surface area contributed by atoms with Gasteiger partial charge in [-0.1, -0.05) is 6.92 Å². The molecule has 0 spiro atoms. The molecule has 1 aromatic carbocycles. The van der Waals surface area contributed by atoms with E-state index in [0.29, 0.717) is 18.9 Å². The minimum atomic E-state index is 0. The van der Waals surface area contributed by atoms with Crippen LogP contribution in [-0.4, -0.2) is 50.7 Å². The van der Waals surface area contributed by atoms with Crippen molar-refractivity contribution < 1.29 is 14.3 Å². The Labute approximate surface area is 157 Å². The van der Waals surface area contributed by atoms with Crippen LogP contribution in [0.3, 0.4) is 0 Å². The lowest BCUT2D eigenvalue weighted by Gasteiger charge is -2.34. The summed E-state index contributed by atoms with van der Waals surface area (Å²) in [5, 5.41) is 3.37. The number of piperidine rings is 1. The molecular weight excluding hydrogens is 340 g/mol. The Hall–Kier alpha value is -1.46. The number of methoxy groups -OCH3 is 2. The van der Waals surface area contributed by atoms with Crippen LogP contribution in [0.25, 0.3) is 0 Å². The zero-order chi connectivity index (χ0) is 17.4. The molecule has 0 unspecified atom stereocenters. The van der Waals surface area contributed by atoms with Gasteiger partial charge >= 0.3 is 0 Å². The molecule has 1 saturated heterocycles. The van der Waals surface area contributed by atoms with Gasteiger partial charge in [-0.05, 0) is 56.5 Å². The zero-order valence-electron chi connectivity index (χ0n) is 15.5. The van der Waals surface area contributed by atoms with Crippen LogP contribution in [0.1, 0.15) is 38.2 Å². The highest BCUT2D eigenvalue weighted by atomic mass is 35.5. The number of carbonyl (C=O) groups is 1. The van der Waals surface area contributed by atoms with Gasteiger partial charge in [-0.25, -0.2) is 0 Å². The molecule has 0 saturated carbocycles. The first-order chi connectivity index (χ1) is 11.7. The third-order valence-corrected chi connectivity index (χ3v) is 4.57. The quantitative estimate of drug-likeness (QED) is 0.764. The summed E-state index contributed by atoms with van der Waals surface area (Å²) in [5.41, 5.74) is 1.07. The van der Waals surface area contributed by atoms with Crippen molar-refractivity contribution in [3.05, 3.63) is 23.8 Å². The van der Waals surface area contributed by atoms with E-state index in [4.69, 9.17) is 9.47 Å². The molecular formula is C19H31ClN2O3. The lowest BCUT2D eigenvalue weighted by atomic mass is 10.0. The molecule has 25 heavy (non-hydrogen) atoms. The smallest absolute Gasteiger partial charge is 0.223 e. The maximum Gasteiger partial charge on any atom is 0.223 e. The Morgan fingerprint density at radius 2 is 1.76 bits per heavy atom. The number of nitrogens with zero attached hydrogens (tertiary/aromatic N) is 1. The highest BCUT2D eigenvalue weighted by Crippen LogP contribution is 2.24. The molecule has 0 atom stereocenters. The van der Waals surface area contributed by atoms with E-state index >= 15 is 0 Å². The summed E-state index contributed by atoms with van der Waals surface area (Å²) in [4.78, 5) is 14.9. The molecule has 142 valence electrons. The number of rotatable bonds is 8. The summed E-state index contributed by atoms with van der Waals surface area (Å²) < 4.78 is 10.6. The normalized spacial score (nSPS) is 14.5. The topological polar surface area (TPSA) is 50.8 Å². The number of halogens is 1. The number of hydrogen-bond donors (Lipinski definition) is 1. The van der Waals surface area contributed by atoms with E-state index in [2.05, 4.69) is 17.1 Å². The maximum atomic E-state index is 12.8. The zero-order valence-corrected chi connectivity index (χ0v) is 16.4. The third kappa shape index (κ3) is 6.40. The van der Waals surface area contributed by atoms with Crippen LogP contribution in [0.15, 0.2) is 18.2 Å². The molecule has 1 heterocycles. The van der Waals surface area contributed by atoms with Crippen molar-refractivity contribution in [3.63, 3.8) is 0 Å². The molecule has 6 heteroatoms. The highest BCUT2D eigenvalue weighted by molar-refractivity contribution is 5.85. The van der Waals surface area contributed by atoms with Crippen LogP contribution in [0.5, 0.6) is 11.5 Å². The van der Waals surface area contributed by atoms with Crippen molar-refractivity contribution in [2.45, 2.75) is 45.1 Å². The molecule has 0 aromatic heterocycles. The van der Waals surface area contributed by atoms with Crippen LogP contribution in [0.2, 0.25) is 0 Å². The predicted octanol–water partition coefficient (Wildman–Crippen LogP) is 3.05. The molecule has 1 aromatic rings. The average molecular weight is 371 g/mol. The summed E-state index contributed by atoms with van der Waals surface area (Å²) in [6, 6.07) is 6.19. The highest BCUT2D eigenvalue weighted by Gasteiger charge is 2.24. The summed E-state index contributed by atoms with van der Waals surface area (Å²) in [6.07, 6.45) is 4.35. The van der Waals surface area contributed by atoms with Crippen molar-refractivity contribution in [3.8, 4) is 11.5 Å². The van der Waals surface area contributed by atoms with Gasteiger partial charge in [0.1, 0.15) is 11.5 Å². The first-order valence-electron chi connectivity index (χ1n) is 8.90. The van der Waals surface area contributed by atoms with Gasteiger partial charge in [-0.3, -0.25) is 4.79 Å². The van der Waals surface area contributed by atoms with Crippen LogP contribution >= 0.6 is 12.4 Å². The Bertz CT molecular complexity index is 511. The first kappa shape index (κ1) is 21.6. The largest absolute Gasteiger partial charge is 0.497 e. The summed E-state index contributed by atoms with van der Waals surface area (Å²) in [5.74, 6) is 1.78. The summed E-state index contributed by atoms with van der Waals surface area (Å²) in [7, 11) is 3.29. The van der Waals surface area contributed by atoms with E-state index in [1.807, 2.05) is 18.2 Å². The SMILES string of the molecule is CCCN(C(=O)CCc1cc(OC)cc(OC)c1)C1CCNCC1.Cl. The van der Waals surface area contributed by atoms with E-state index in [-0.39, 0.29) is 18.3 Å². The molecule has 0 radical (unpaired) electrons. The van der Waals surface area contributed by atoms with Gasteiger partial charge in [0, 0.05) is 25.1 Å². The van der Waals surface area contributed by atoms with Crippen LogP contribution in [0.4, 0.5) is 0 Å². The monoisotopic (exact) mass is 370 g/mol. The van der Waals surface area contributed by atoms with Crippen molar-refractivity contribution in [2.24, 2.45) is 0 Å². The molecule has 1 fully saturated rings. The molecule has 1 N–H and O–H groups in total. The molecule has 2 rings (SSSR count). The molecule has 1 aliphatic rings. The third-order valence-electron chi connectivity index (χ3n) is 4.57. The summed E-state index contributed by atoms with van der Waals surface area (Å²) in [6.45, 7) is 5.00. The fourth-order valence-electron chi connectivity index (χ4n) is 3.28. The van der Waals surface area contributed by atoms with Crippen LogP contribution in [0, 0.1) is 0 Å². The Kier molecular flexibility index (Phi) is 9.68. The van der Waals surface area contributed by atoms with Gasteiger partial charge in [0.15, 0.2) is 0 Å². The van der Waals surface area contributed by atoms with Gasteiger partial charge in [0.25, 0.3) is 0 Å². The van der Waals surface area contributed by atoms with Crippen LogP contribution in [-0.2, 0) is 11.2 Å². The lowest BCUT2D eigenvalue weighted by Crippen LogP contribution is -2.46. The fraction of sp³-hybridized carbons (Fsp3) is 0.632. The van der Waals surface area contributed by atoms with Crippen molar-refractivity contribution in [1.82, 2.24) is 10.2 Å². The number of amides is 1. The van der Waals surface area contributed by atoms with Gasteiger partial charge in [0.2, 0.25) is 5.91 Å². The number of benzene rings is 1. The van der Waals surface area contributed by atoms with E-state index in [1.165, 1.54) is 0 Å². The Morgan fingerprint density at radius 3 is 2.28 bits per heavy atom. The number of hydrogen-bond acceptors (Lipinski definition) is 4. The lowest BCUT2D eigenvalue weighted by molar-refractivity contribution is -0.134. The van der Waals surface area contributed by atoms with E-state index in [9.17, 15) is 4.79 Å². The predicted molar refractivity (Wildman–Crippen MR) is 103 cm³/mol. The summed E-state index contributed by atoms with van der Waals surface area (Å²) >= 11 is 0. The van der Waals surface area contributed by atoms with Gasteiger partial charge in [-0.15, -0.1) is 12.4 Å². The van der Waals surface area contributed by atoms with E-state index in [0.717, 1.165) is 56.0 Å². The molecule has 1 aliphatic heterocycles. The molecule has 5 nitrogen and oxygen atoms in total. The molecule has 0 aliphatic carbocycles. The van der Waals surface area contributed by atoms with E-state index < -0.39 is 0 Å². The minimum absolute atomic E-state index is 0. The number of ether oxygens (including phenoxy) is 2. The second-order valence-corrected chi connectivity index (χ2v) is 6.29. The molecule has 1 amide bonds. The van der Waals surface area contributed by atoms with E-state index in [1.54, 1.807) is 14.2 Å². The Morgan fingerprint density at radius 1 is 1.16 bits per heavy atom. The average Bonchev–Trinajstić information content (AvgIpc) is 2.64. The standard InChI is InChI=1S/C19H30N2O3.ClH/c1-4-11-21(16-7-9-20-10-8-16)19(22)6-5-15-12-17(23-2)14-18(13-15)24-3;/h12-14,16,20H,4-11H2,1-3H3;1H.